The molecule has 13 aromatic carbocycles. The van der Waals surface area contributed by atoms with E-state index in [1.54, 1.807) is 0 Å². The molecule has 15 heteroatoms. The number of hydrogen-bond donors (Lipinski definition) is 0. The molecule has 0 radical (unpaired) electrons. The average Bonchev–Trinajstić information content (AvgIpc) is 0.725. The first-order chi connectivity index (χ1) is 55.8. The molecular formula is C99H72N12S3. The second kappa shape index (κ2) is 26.0. The average molecular weight is 1530 g/mol. The minimum absolute atomic E-state index is 0.405. The van der Waals surface area contributed by atoms with Gasteiger partial charge >= 0.3 is 0 Å². The van der Waals surface area contributed by atoms with Crippen LogP contribution in [0.3, 0.4) is 0 Å². The van der Waals surface area contributed by atoms with E-state index in [9.17, 15) is 0 Å². The van der Waals surface area contributed by atoms with Crippen LogP contribution in [-0.2, 0) is 16.2 Å². The third-order valence-electron chi connectivity index (χ3n) is 23.5. The zero-order valence-electron chi connectivity index (χ0n) is 63.3. The molecule has 0 N–H and O–H groups in total. The van der Waals surface area contributed by atoms with E-state index in [-0.39, 0.29) is 0 Å². The van der Waals surface area contributed by atoms with Crippen LogP contribution >= 0.6 is 35.3 Å². The van der Waals surface area contributed by atoms with Crippen molar-refractivity contribution < 1.29 is 0 Å². The van der Waals surface area contributed by atoms with Crippen LogP contribution in [0.2, 0.25) is 0 Å². The molecule has 3 aromatic heterocycles. The molecule has 114 heavy (non-hydrogen) atoms. The van der Waals surface area contributed by atoms with Crippen LogP contribution in [0.4, 0.5) is 103 Å². The number of para-hydroxylation sites is 9. The van der Waals surface area contributed by atoms with Crippen molar-refractivity contribution in [1.29, 1.82) is 0 Å². The largest absolute Gasteiger partial charge is 0.308 e. The highest BCUT2D eigenvalue weighted by Crippen LogP contribution is 2.61. The number of benzene rings is 13. The number of nitrogens with zero attached hydrogens (tertiary/aromatic N) is 12. The van der Waals surface area contributed by atoms with Gasteiger partial charge in [-0.2, -0.15) is 0 Å². The zero-order chi connectivity index (χ0) is 76.3. The second-order valence-corrected chi connectivity index (χ2v) is 34.4. The molecule has 0 spiro atoms. The lowest BCUT2D eigenvalue weighted by Crippen LogP contribution is -2.31. The molecule has 12 nitrogen and oxygen atoms in total. The van der Waals surface area contributed by atoms with Crippen LogP contribution in [0.25, 0.3) is 34.2 Å². The third-order valence-corrected chi connectivity index (χ3v) is 26.9. The first kappa shape index (κ1) is 67.8. The summed E-state index contributed by atoms with van der Waals surface area (Å²) in [6.45, 7) is 14.0. The van der Waals surface area contributed by atoms with Crippen molar-refractivity contribution in [3.63, 3.8) is 0 Å². The Hall–Kier alpha value is -13.1. The van der Waals surface area contributed by atoms with Gasteiger partial charge in [-0.25, -0.2) is 29.9 Å². The predicted molar refractivity (Wildman–Crippen MR) is 466 cm³/mol. The Balaban J connectivity index is 0.700. The summed E-state index contributed by atoms with van der Waals surface area (Å²) in [5, 5.41) is 0. The summed E-state index contributed by atoms with van der Waals surface area (Å²) >= 11 is 5.45. The van der Waals surface area contributed by atoms with Crippen LogP contribution in [0, 0.1) is 0 Å². The number of aromatic nitrogens is 6. The van der Waals surface area contributed by atoms with E-state index in [4.69, 9.17) is 29.9 Å². The van der Waals surface area contributed by atoms with E-state index in [0.29, 0.717) is 34.9 Å². The van der Waals surface area contributed by atoms with Gasteiger partial charge in [0.25, 0.3) is 0 Å². The van der Waals surface area contributed by atoms with Crippen molar-refractivity contribution in [3.8, 4) is 34.2 Å². The van der Waals surface area contributed by atoms with Crippen molar-refractivity contribution >= 4 is 138 Å². The normalized spacial score (nSPS) is 15.1. The van der Waals surface area contributed by atoms with Gasteiger partial charge in [-0.3, -0.25) is 14.7 Å². The molecule has 546 valence electrons. The Kier molecular flexibility index (Phi) is 15.5. The Bertz CT molecular complexity index is 5910. The quantitative estimate of drug-likeness (QED) is 0.137. The SMILES string of the molecule is CC1(C)c2ccccc2N(c2ccnc(-c3cc(-c4nccc(N5c6ccccc6C(C)(C)c6cc(N7c8ccccc8Sc8ccccc87)ccc65)n4)cc(-c4nccc(N5c6ccccc6C(C)(C)c6cc(N7c8ccccc8Sc8ccccc87)ccc65)n4)c3)n2)c2ccc(N3c4ccccc4Sc4ccccc43)cc21. The fraction of sp³-hybridized carbons (Fsp3) is 0.0909. The van der Waals surface area contributed by atoms with Gasteiger partial charge in [0.1, 0.15) is 17.5 Å². The molecule has 22 rings (SSSR count). The molecule has 0 bridgehead atoms. The monoisotopic (exact) mass is 1520 g/mol. The topological polar surface area (TPSA) is 96.8 Å². The van der Waals surface area contributed by atoms with Crippen molar-refractivity contribution in [2.75, 3.05) is 29.4 Å². The summed E-state index contributed by atoms with van der Waals surface area (Å²) in [4.78, 5) is 54.2. The lowest BCUT2D eigenvalue weighted by Gasteiger charge is -2.42. The zero-order valence-corrected chi connectivity index (χ0v) is 65.7. The van der Waals surface area contributed by atoms with Gasteiger partial charge in [0.2, 0.25) is 0 Å². The van der Waals surface area contributed by atoms with Gasteiger partial charge < -0.3 is 14.7 Å². The van der Waals surface area contributed by atoms with Gasteiger partial charge in [0.05, 0.1) is 68.2 Å². The van der Waals surface area contributed by atoms with Crippen molar-refractivity contribution in [2.45, 2.75) is 87.2 Å². The summed E-state index contributed by atoms with van der Waals surface area (Å²) in [6.07, 6.45) is 5.65. The van der Waals surface area contributed by atoms with Gasteiger partial charge in [-0.05, 0) is 215 Å². The summed E-state index contributed by atoms with van der Waals surface area (Å²) in [6, 6.07) is 112. The van der Waals surface area contributed by atoms with E-state index in [2.05, 4.69) is 362 Å². The van der Waals surface area contributed by atoms with E-state index in [0.717, 1.165) is 102 Å². The summed E-state index contributed by atoms with van der Waals surface area (Å²) in [5.74, 6) is 3.66. The maximum absolute atomic E-state index is 5.69. The molecule has 9 heterocycles. The fourth-order valence-electron chi connectivity index (χ4n) is 18.0. The molecular weight excluding hydrogens is 1450 g/mol. The van der Waals surface area contributed by atoms with E-state index < -0.39 is 16.2 Å². The molecule has 0 aliphatic carbocycles. The van der Waals surface area contributed by atoms with Crippen molar-refractivity contribution in [1.82, 2.24) is 29.9 Å². The molecule has 0 atom stereocenters. The first-order valence-corrected chi connectivity index (χ1v) is 41.0. The standard InChI is InChI=1S/C99H72N12S3/c1-97(2)67-25-7-10-28-73(67)109(76-46-43-64(58-70(76)97)106-79-31-13-19-37-85(79)112-86-38-20-14-32-80(86)106)91-49-52-100-94(103-91)61-55-62(95-101-53-50-92(104-95)110-74-29-11-8-26-68(74)98(3,4)71-59-65(44-47-77(71)110)107-81-33-15-21-39-87(81)113-88-40-22-16-34-82(88)107)57-63(56-61)96-102-54-51-93(105-96)111-75-30-12-9-27-69(75)99(5,6)72-60-66(45-48-78(72)111)108-83-35-17-23-41-89(83)114-90-42-24-18-36-84(90)108/h7-60H,1-6H3. The van der Waals surface area contributed by atoms with Crippen LogP contribution in [-0.4, -0.2) is 29.9 Å². The molecule has 0 saturated carbocycles. The van der Waals surface area contributed by atoms with E-state index in [1.807, 2.05) is 72.1 Å². The predicted octanol–water partition coefficient (Wildman–Crippen LogP) is 27.2. The fourth-order valence-corrected chi connectivity index (χ4v) is 21.2. The molecule has 0 amide bonds. The minimum Gasteiger partial charge on any atom is -0.308 e. The highest BCUT2D eigenvalue weighted by Gasteiger charge is 2.43. The minimum atomic E-state index is -0.405. The number of rotatable bonds is 9. The van der Waals surface area contributed by atoms with Gasteiger partial charge in [0, 0.05) is 98.0 Å². The maximum Gasteiger partial charge on any atom is 0.161 e. The van der Waals surface area contributed by atoms with Crippen LogP contribution in [0.15, 0.2) is 357 Å². The number of fused-ring (bicyclic) bond motifs is 12. The van der Waals surface area contributed by atoms with E-state index in [1.165, 1.54) is 62.8 Å². The van der Waals surface area contributed by atoms with Crippen molar-refractivity contribution in [2.24, 2.45) is 0 Å². The Morgan fingerprint density at radius 3 is 0.684 bits per heavy atom. The van der Waals surface area contributed by atoms with Crippen LogP contribution in [0.1, 0.15) is 74.9 Å². The molecule has 0 unspecified atom stereocenters. The third kappa shape index (κ3) is 10.6. The smallest absolute Gasteiger partial charge is 0.161 e. The molecule has 0 saturated heterocycles. The molecule has 6 aliphatic heterocycles. The number of hydrogen-bond acceptors (Lipinski definition) is 15. The Morgan fingerprint density at radius 2 is 0.430 bits per heavy atom. The molecule has 16 aromatic rings. The Labute approximate surface area is 675 Å². The maximum atomic E-state index is 5.69. The lowest BCUT2D eigenvalue weighted by atomic mass is 9.73. The van der Waals surface area contributed by atoms with Gasteiger partial charge in [-0.1, -0.05) is 204 Å². The molecule has 0 fully saturated rings. The molecule has 6 aliphatic rings. The van der Waals surface area contributed by atoms with Gasteiger partial charge in [-0.15, -0.1) is 0 Å². The summed E-state index contributed by atoms with van der Waals surface area (Å²) in [5.41, 5.74) is 24.5. The van der Waals surface area contributed by atoms with Gasteiger partial charge in [0.15, 0.2) is 17.5 Å². The summed E-state index contributed by atoms with van der Waals surface area (Å²) in [7, 11) is 0. The van der Waals surface area contributed by atoms with Crippen LogP contribution in [0.5, 0.6) is 0 Å². The van der Waals surface area contributed by atoms with Crippen LogP contribution < -0.4 is 29.4 Å². The first-order valence-electron chi connectivity index (χ1n) is 38.5. The second-order valence-electron chi connectivity index (χ2n) is 31.2. The Morgan fingerprint density at radius 1 is 0.211 bits per heavy atom. The highest BCUT2D eigenvalue weighted by atomic mass is 32.2. The lowest BCUT2D eigenvalue weighted by molar-refractivity contribution is 0.631. The number of anilines is 18. The van der Waals surface area contributed by atoms with Crippen molar-refractivity contribution in [3.05, 3.63) is 361 Å². The summed E-state index contributed by atoms with van der Waals surface area (Å²) < 4.78 is 0. The van der Waals surface area contributed by atoms with E-state index >= 15 is 0 Å². The highest BCUT2D eigenvalue weighted by molar-refractivity contribution is 8.00.